The van der Waals surface area contributed by atoms with Gasteiger partial charge in [0.25, 0.3) is 0 Å². The Bertz CT molecular complexity index is 1250. The second-order valence-corrected chi connectivity index (χ2v) is 22.9. The topological polar surface area (TPSA) is 88.1 Å². The zero-order valence-electron chi connectivity index (χ0n) is 28.3. The Kier molecular flexibility index (Phi) is 10.2. The lowest BCUT2D eigenvalue weighted by Gasteiger charge is -2.65. The van der Waals surface area contributed by atoms with Crippen LogP contribution in [-0.2, 0) is 32.4 Å². The number of fused-ring (bicyclic) bond motifs is 5. The predicted molar refractivity (Wildman–Crippen MR) is 179 cm³/mol. The molecule has 0 heterocycles. The Hall–Kier alpha value is -0.313. The van der Waals surface area contributed by atoms with Crippen molar-refractivity contribution >= 4 is 50.7 Å². The fraction of sp³-hybridized carbons (Fsp3) is 0.818. The van der Waals surface area contributed by atoms with Gasteiger partial charge in [-0.1, -0.05) is 59.3 Å². The Labute approximate surface area is 275 Å². The van der Waals surface area contributed by atoms with E-state index in [0.29, 0.717) is 25.7 Å². The van der Waals surface area contributed by atoms with Gasteiger partial charge in [-0.15, -0.1) is 23.2 Å². The highest BCUT2D eigenvalue weighted by atomic mass is 35.5. The van der Waals surface area contributed by atoms with Crippen LogP contribution >= 0.6 is 30.8 Å². The van der Waals surface area contributed by atoms with Crippen LogP contribution in [0.4, 0.5) is 0 Å². The number of rotatable bonds is 11. The summed E-state index contributed by atoms with van der Waals surface area (Å²) in [6.45, 7) is 21.3. The van der Waals surface area contributed by atoms with Gasteiger partial charge < -0.3 is 18.2 Å². The van der Waals surface area contributed by atoms with Crippen LogP contribution < -0.4 is 0 Å². The van der Waals surface area contributed by atoms with E-state index in [1.165, 1.54) is 0 Å². The number of alkyl halides is 2. The summed E-state index contributed by atoms with van der Waals surface area (Å²) in [6, 6.07) is 0. The quantitative estimate of drug-likeness (QED) is 0.0927. The van der Waals surface area contributed by atoms with Crippen LogP contribution in [0.5, 0.6) is 0 Å². The van der Waals surface area contributed by atoms with Crippen LogP contribution in [0.15, 0.2) is 23.8 Å². The van der Waals surface area contributed by atoms with E-state index in [1.54, 1.807) is 19.9 Å². The minimum atomic E-state index is -3.64. The van der Waals surface area contributed by atoms with Gasteiger partial charge in [0.1, 0.15) is 11.9 Å². The molecule has 4 rings (SSSR count). The van der Waals surface area contributed by atoms with E-state index in [1.807, 2.05) is 13.0 Å². The van der Waals surface area contributed by atoms with Gasteiger partial charge >= 0.3 is 7.60 Å². The molecule has 8 atom stereocenters. The minimum absolute atomic E-state index is 0.0272. The van der Waals surface area contributed by atoms with Crippen LogP contribution in [0.1, 0.15) is 81.1 Å². The van der Waals surface area contributed by atoms with Gasteiger partial charge in [0.2, 0.25) is 0 Å². The van der Waals surface area contributed by atoms with Gasteiger partial charge in [-0.3, -0.25) is 14.2 Å². The van der Waals surface area contributed by atoms with Gasteiger partial charge in [0.15, 0.2) is 19.9 Å². The summed E-state index contributed by atoms with van der Waals surface area (Å²) < 4.78 is 38.9. The summed E-state index contributed by atoms with van der Waals surface area (Å²) in [5.41, 5.74) is -1.65. The molecule has 0 aromatic heterocycles. The first-order valence-electron chi connectivity index (χ1n) is 16.1. The molecule has 0 aromatic rings. The molecule has 7 nitrogen and oxygen atoms in total. The fourth-order valence-electron chi connectivity index (χ4n) is 8.83. The van der Waals surface area contributed by atoms with Crippen LogP contribution in [0.25, 0.3) is 0 Å². The van der Waals surface area contributed by atoms with Crippen molar-refractivity contribution < 1.29 is 32.4 Å². The van der Waals surface area contributed by atoms with Crippen LogP contribution in [0.3, 0.4) is 0 Å². The first-order valence-corrected chi connectivity index (χ1v) is 21.7. The molecule has 2 fully saturated rings. The first kappa shape index (κ1) is 36.5. The summed E-state index contributed by atoms with van der Waals surface area (Å²) in [7, 11) is -6.03. The smallest absolute Gasteiger partial charge is 0.356 e. The molecule has 44 heavy (non-hydrogen) atoms. The summed E-state index contributed by atoms with van der Waals surface area (Å²) in [4.78, 5) is 25.9. The van der Waals surface area contributed by atoms with Gasteiger partial charge in [0.05, 0.1) is 30.1 Å². The average molecular weight is 692 g/mol. The van der Waals surface area contributed by atoms with Gasteiger partial charge in [-0.2, -0.15) is 0 Å². The SMILES string of the molecule is CCOP(=O)(CO[C@]1(C(=O)CCl)[C@H](C)C[C@H]2[C@@H]3CC=C4CC(=O)C=C[C@]4(C)[C@@]3(Cl)[C@@H](O[Si](C)(C)C(C)(C)C)C[C@@]21C)OCC. The van der Waals surface area contributed by atoms with E-state index in [-0.39, 0.29) is 59.8 Å². The molecule has 2 saturated carbocycles. The molecule has 0 bridgehead atoms. The second-order valence-electron chi connectivity index (χ2n) is 15.3. The van der Waals surface area contributed by atoms with Gasteiger partial charge in [-0.25, -0.2) is 0 Å². The molecule has 250 valence electrons. The van der Waals surface area contributed by atoms with Crippen molar-refractivity contribution in [1.29, 1.82) is 0 Å². The maximum atomic E-state index is 14.2. The number of ketones is 2. The van der Waals surface area contributed by atoms with Crippen molar-refractivity contribution in [1.82, 2.24) is 0 Å². The third kappa shape index (κ3) is 5.43. The molecule has 11 heteroatoms. The molecule has 0 aliphatic heterocycles. The Morgan fingerprint density at radius 2 is 1.75 bits per heavy atom. The van der Waals surface area contributed by atoms with Crippen molar-refractivity contribution in [2.45, 2.75) is 116 Å². The minimum Gasteiger partial charge on any atom is -0.412 e. The summed E-state index contributed by atoms with van der Waals surface area (Å²) in [5.74, 6) is -0.735. The Morgan fingerprint density at radius 1 is 1.14 bits per heavy atom. The van der Waals surface area contributed by atoms with Crippen LogP contribution in [0, 0.1) is 28.6 Å². The van der Waals surface area contributed by atoms with Crippen molar-refractivity contribution in [3.8, 4) is 0 Å². The molecule has 0 spiro atoms. The largest absolute Gasteiger partial charge is 0.412 e. The van der Waals surface area contributed by atoms with E-state index in [4.69, 9.17) is 41.4 Å². The number of carbonyl (C=O) groups is 2. The maximum Gasteiger partial charge on any atom is 0.356 e. The average Bonchev–Trinajstić information content (AvgIpc) is 3.14. The number of hydrogen-bond donors (Lipinski definition) is 0. The summed E-state index contributed by atoms with van der Waals surface area (Å²) in [5, 5.41) is -0.0930. The third-order valence-corrected chi connectivity index (χ3v) is 19.4. The molecule has 0 unspecified atom stereocenters. The van der Waals surface area contributed by atoms with Crippen molar-refractivity contribution in [3.05, 3.63) is 23.8 Å². The van der Waals surface area contributed by atoms with Gasteiger partial charge in [0, 0.05) is 17.3 Å². The van der Waals surface area contributed by atoms with Crippen LogP contribution in [-0.4, -0.2) is 61.9 Å². The third-order valence-electron chi connectivity index (χ3n) is 12.0. The lowest BCUT2D eigenvalue weighted by molar-refractivity contribution is -0.185. The number of Topliss-reactive ketones (excluding diaryl/α,β-unsaturated/α-hetero) is 1. The van der Waals surface area contributed by atoms with Crippen molar-refractivity contribution in [2.24, 2.45) is 28.6 Å². The van der Waals surface area contributed by atoms with E-state index in [2.05, 4.69) is 53.8 Å². The summed E-state index contributed by atoms with van der Waals surface area (Å²) >= 11 is 14.5. The Morgan fingerprint density at radius 3 is 2.30 bits per heavy atom. The highest BCUT2D eigenvalue weighted by Crippen LogP contribution is 2.73. The standard InChI is InChI=1S/C33H53Cl2O7PSi/c1-11-40-43(38,41-12-2)21-39-33(27(37)20-34)22(3)17-26-25-14-13-23-18-24(36)15-16-30(23,7)32(25,35)28(19-31(26,33)8)42-44(9,10)29(4,5)6/h13,15-16,22,25-26,28H,11-12,14,17-21H2,1-10H3/t22-,25+,26+,28+,30+,31+,32+,33+/m1/s1. The molecule has 0 N–H and O–H groups in total. The number of halogens is 2. The highest BCUT2D eigenvalue weighted by Gasteiger charge is 2.76. The molecule has 4 aliphatic rings. The number of ether oxygens (including phenoxy) is 1. The predicted octanol–water partition coefficient (Wildman–Crippen LogP) is 8.69. The van der Waals surface area contributed by atoms with E-state index < -0.39 is 43.3 Å². The zero-order chi connectivity index (χ0) is 33.1. The zero-order valence-corrected chi connectivity index (χ0v) is 31.7. The van der Waals surface area contributed by atoms with E-state index in [9.17, 15) is 14.2 Å². The summed E-state index contributed by atoms with van der Waals surface area (Å²) in [6.07, 6.45) is 7.24. The molecular formula is C33H53Cl2O7PSi. The fourth-order valence-corrected chi connectivity index (χ4v) is 12.4. The molecule has 0 amide bonds. The molecule has 0 radical (unpaired) electrons. The molecule has 0 aromatic carbocycles. The Balaban J connectivity index is 1.91. The monoisotopic (exact) mass is 690 g/mol. The lowest BCUT2D eigenvalue weighted by Crippen LogP contribution is -2.70. The second kappa shape index (κ2) is 12.3. The first-order chi connectivity index (χ1) is 20.2. The highest BCUT2D eigenvalue weighted by molar-refractivity contribution is 7.53. The maximum absolute atomic E-state index is 14.2. The lowest BCUT2D eigenvalue weighted by atomic mass is 9.46. The molecule has 0 saturated heterocycles. The van der Waals surface area contributed by atoms with E-state index in [0.717, 1.165) is 5.57 Å². The molecular weight excluding hydrogens is 638 g/mol. The van der Waals surface area contributed by atoms with Crippen LogP contribution in [0.2, 0.25) is 18.1 Å². The van der Waals surface area contributed by atoms with E-state index >= 15 is 0 Å². The number of hydrogen-bond acceptors (Lipinski definition) is 7. The number of carbonyl (C=O) groups excluding carboxylic acids is 2. The van der Waals surface area contributed by atoms with Crippen molar-refractivity contribution in [3.63, 3.8) is 0 Å². The van der Waals surface area contributed by atoms with Gasteiger partial charge in [-0.05, 0) is 75.1 Å². The van der Waals surface area contributed by atoms with Crippen molar-refractivity contribution in [2.75, 3.05) is 25.4 Å². The normalized spacial score (nSPS) is 39.0. The molecule has 4 aliphatic carbocycles. The number of allylic oxidation sites excluding steroid dienone is 4.